The van der Waals surface area contributed by atoms with Gasteiger partial charge in [-0.1, -0.05) is 0 Å². The monoisotopic (exact) mass is 330 g/mol. The van der Waals surface area contributed by atoms with Gasteiger partial charge in [0.1, 0.15) is 4.75 Å². The molecule has 2 saturated heterocycles. The van der Waals surface area contributed by atoms with Gasteiger partial charge < -0.3 is 20.4 Å². The average Bonchev–Trinajstić information content (AvgIpc) is 2.69. The number of aliphatic carboxylic acids is 1. The van der Waals surface area contributed by atoms with Crippen LogP contribution in [0.3, 0.4) is 0 Å². The Kier molecular flexibility index (Phi) is 4.45. The zero-order chi connectivity index (χ0) is 16.7. The van der Waals surface area contributed by atoms with Crippen molar-refractivity contribution in [3.63, 3.8) is 0 Å². The van der Waals surface area contributed by atoms with Crippen LogP contribution in [0, 0.1) is 5.92 Å². The fraction of sp³-hybridized carbons (Fsp3) is 0.786. The molecule has 8 heteroatoms. The van der Waals surface area contributed by atoms with Crippen LogP contribution in [0.2, 0.25) is 0 Å². The van der Waals surface area contributed by atoms with Crippen molar-refractivity contribution in [1.82, 2.24) is 10.2 Å². The number of aliphatic hydroxyl groups is 1. The normalized spacial score (nSPS) is 30.7. The molecular weight excluding hydrogens is 308 g/mol. The van der Waals surface area contributed by atoms with Crippen molar-refractivity contribution in [3.05, 3.63) is 0 Å². The van der Waals surface area contributed by atoms with Crippen LogP contribution in [0.5, 0.6) is 0 Å². The molecule has 2 aliphatic rings. The summed E-state index contributed by atoms with van der Waals surface area (Å²) in [6, 6.07) is 0. The molecule has 0 saturated carbocycles. The Morgan fingerprint density at radius 2 is 2.14 bits per heavy atom. The van der Waals surface area contributed by atoms with Gasteiger partial charge in [-0.2, -0.15) is 0 Å². The van der Waals surface area contributed by atoms with Gasteiger partial charge in [-0.05, 0) is 26.7 Å². The van der Waals surface area contributed by atoms with Crippen LogP contribution in [0.25, 0.3) is 0 Å². The summed E-state index contributed by atoms with van der Waals surface area (Å²) in [5.74, 6) is -1.84. The average molecular weight is 330 g/mol. The Labute approximate surface area is 133 Å². The number of carboxylic acids is 1. The number of carboxylic acid groups (broad SMARTS) is 1. The number of nitrogens with one attached hydrogen (secondary N) is 1. The smallest absolute Gasteiger partial charge is 0.321 e. The molecule has 0 radical (unpaired) electrons. The molecule has 2 fully saturated rings. The molecule has 2 amide bonds. The third-order valence-corrected chi connectivity index (χ3v) is 5.92. The van der Waals surface area contributed by atoms with Crippen molar-refractivity contribution in [1.29, 1.82) is 0 Å². The highest BCUT2D eigenvalue weighted by Gasteiger charge is 2.64. The Bertz CT molecular complexity index is 504. The van der Waals surface area contributed by atoms with E-state index in [4.69, 9.17) is 0 Å². The second kappa shape index (κ2) is 5.73. The molecule has 3 atom stereocenters. The summed E-state index contributed by atoms with van der Waals surface area (Å²) in [4.78, 5) is 36.2. The maximum atomic E-state index is 12.1. The summed E-state index contributed by atoms with van der Waals surface area (Å²) in [7, 11) is 0. The van der Waals surface area contributed by atoms with Crippen LogP contribution in [0.4, 0.5) is 0 Å². The number of fused-ring (bicyclic) bond motifs is 1. The fourth-order valence-corrected chi connectivity index (χ4v) is 4.95. The quantitative estimate of drug-likeness (QED) is 0.468. The van der Waals surface area contributed by atoms with Gasteiger partial charge in [0.05, 0.1) is 16.9 Å². The molecule has 0 aromatic carbocycles. The van der Waals surface area contributed by atoms with Crippen molar-refractivity contribution in [3.8, 4) is 0 Å². The Balaban J connectivity index is 2.04. The summed E-state index contributed by atoms with van der Waals surface area (Å²) in [6.07, 6.45) is 0.896. The van der Waals surface area contributed by atoms with E-state index >= 15 is 0 Å². The highest BCUT2D eigenvalue weighted by Crippen LogP contribution is 2.54. The second-order valence-electron chi connectivity index (χ2n) is 6.49. The minimum atomic E-state index is -1.16. The molecule has 7 nitrogen and oxygen atoms in total. The van der Waals surface area contributed by atoms with E-state index in [0.717, 1.165) is 0 Å². The third kappa shape index (κ3) is 2.94. The molecule has 0 aliphatic carbocycles. The zero-order valence-corrected chi connectivity index (χ0v) is 13.8. The number of hydrogen-bond acceptors (Lipinski definition) is 5. The van der Waals surface area contributed by atoms with E-state index in [0.29, 0.717) is 19.4 Å². The van der Waals surface area contributed by atoms with Gasteiger partial charge in [0.15, 0.2) is 0 Å². The van der Waals surface area contributed by atoms with Crippen molar-refractivity contribution in [2.75, 3.05) is 13.1 Å². The first-order valence-corrected chi connectivity index (χ1v) is 8.15. The van der Waals surface area contributed by atoms with Gasteiger partial charge in [-0.3, -0.25) is 14.4 Å². The van der Waals surface area contributed by atoms with E-state index in [1.165, 1.54) is 18.7 Å². The Morgan fingerprint density at radius 1 is 1.50 bits per heavy atom. The summed E-state index contributed by atoms with van der Waals surface area (Å²) in [5.41, 5.74) is -1.16. The van der Waals surface area contributed by atoms with E-state index in [1.807, 2.05) is 0 Å². The molecule has 0 aromatic rings. The number of hydrogen-bond donors (Lipinski definition) is 3. The molecule has 2 heterocycles. The number of amides is 2. The van der Waals surface area contributed by atoms with Crippen LogP contribution in [-0.2, 0) is 14.4 Å². The van der Waals surface area contributed by atoms with E-state index in [1.54, 1.807) is 18.7 Å². The fourth-order valence-electron chi connectivity index (χ4n) is 3.02. The lowest BCUT2D eigenvalue weighted by atomic mass is 9.82. The summed E-state index contributed by atoms with van der Waals surface area (Å²) in [5, 5.41) is 22.0. The molecular formula is C14H22N2O5S. The lowest BCUT2D eigenvalue weighted by Crippen LogP contribution is -2.63. The summed E-state index contributed by atoms with van der Waals surface area (Å²) >= 11 is 1.25. The van der Waals surface area contributed by atoms with Crippen LogP contribution in [0.1, 0.15) is 33.6 Å². The molecule has 0 bridgehead atoms. The van der Waals surface area contributed by atoms with Gasteiger partial charge in [0.2, 0.25) is 11.8 Å². The van der Waals surface area contributed by atoms with E-state index in [-0.39, 0.29) is 23.7 Å². The number of rotatable bonds is 6. The number of β-lactam (4-membered cyclic amide) rings is 1. The molecule has 2 unspecified atom stereocenters. The van der Waals surface area contributed by atoms with Crippen molar-refractivity contribution >= 4 is 29.5 Å². The SMILES string of the molecule is CC(=O)NCCCC1(C(=O)O)CN2C(=O)C(C(C)(C)O)[C@H]2S1. The number of thioether (sulfide) groups is 1. The summed E-state index contributed by atoms with van der Waals surface area (Å²) < 4.78 is -1.06. The van der Waals surface area contributed by atoms with E-state index in [9.17, 15) is 24.6 Å². The van der Waals surface area contributed by atoms with E-state index in [2.05, 4.69) is 5.32 Å². The van der Waals surface area contributed by atoms with Crippen LogP contribution >= 0.6 is 11.8 Å². The Hall–Kier alpha value is -1.28. The first kappa shape index (κ1) is 17.1. The topological polar surface area (TPSA) is 107 Å². The minimum absolute atomic E-state index is 0.149. The van der Waals surface area contributed by atoms with Crippen LogP contribution < -0.4 is 5.32 Å². The van der Waals surface area contributed by atoms with Gasteiger partial charge in [0, 0.05) is 20.0 Å². The van der Waals surface area contributed by atoms with Crippen LogP contribution in [0.15, 0.2) is 0 Å². The number of carbonyl (C=O) groups excluding carboxylic acids is 2. The lowest BCUT2D eigenvalue weighted by molar-refractivity contribution is -0.164. The summed E-state index contributed by atoms with van der Waals surface area (Å²) in [6.45, 7) is 5.13. The van der Waals surface area contributed by atoms with Gasteiger partial charge >= 0.3 is 5.97 Å². The third-order valence-electron chi connectivity index (χ3n) is 4.20. The minimum Gasteiger partial charge on any atom is -0.480 e. The lowest BCUT2D eigenvalue weighted by Gasteiger charge is -2.46. The largest absolute Gasteiger partial charge is 0.480 e. The zero-order valence-electron chi connectivity index (χ0n) is 13.0. The first-order valence-electron chi connectivity index (χ1n) is 7.27. The second-order valence-corrected chi connectivity index (χ2v) is 7.99. The Morgan fingerprint density at radius 3 is 2.64 bits per heavy atom. The molecule has 124 valence electrons. The molecule has 3 N–H and O–H groups in total. The molecule has 22 heavy (non-hydrogen) atoms. The van der Waals surface area contributed by atoms with E-state index < -0.39 is 22.2 Å². The van der Waals surface area contributed by atoms with Gasteiger partial charge in [-0.25, -0.2) is 0 Å². The molecule has 0 spiro atoms. The van der Waals surface area contributed by atoms with Gasteiger partial charge in [0.25, 0.3) is 0 Å². The highest BCUT2D eigenvalue weighted by atomic mass is 32.2. The van der Waals surface area contributed by atoms with Crippen molar-refractivity contribution < 1.29 is 24.6 Å². The molecule has 2 aliphatic heterocycles. The van der Waals surface area contributed by atoms with Gasteiger partial charge in [-0.15, -0.1) is 11.8 Å². The van der Waals surface area contributed by atoms with Crippen LogP contribution in [-0.4, -0.2) is 61.7 Å². The van der Waals surface area contributed by atoms with Crippen molar-refractivity contribution in [2.24, 2.45) is 5.92 Å². The standard InChI is InChI=1S/C14H22N2O5S/c1-8(17)15-6-4-5-14(12(19)20)7-16-10(18)9(11(16)22-14)13(2,3)21/h9,11,21H,4-7H2,1-3H3,(H,15,17)(H,19,20)/t9?,11-,14?/m1/s1. The predicted molar refractivity (Wildman–Crippen MR) is 81.2 cm³/mol. The first-order chi connectivity index (χ1) is 10.1. The predicted octanol–water partition coefficient (Wildman–Crippen LogP) is 0.0283. The highest BCUT2D eigenvalue weighted by molar-refractivity contribution is 8.02. The maximum absolute atomic E-state index is 12.1. The van der Waals surface area contributed by atoms with Crippen molar-refractivity contribution in [2.45, 2.75) is 49.3 Å². The maximum Gasteiger partial charge on any atom is 0.321 e. The molecule has 0 aromatic heterocycles. The number of carbonyl (C=O) groups is 3. The molecule has 2 rings (SSSR count). The number of nitrogens with zero attached hydrogens (tertiary/aromatic N) is 1.